The zero-order valence-corrected chi connectivity index (χ0v) is 18.2. The number of nitrogens with zero attached hydrogens (tertiary/aromatic N) is 1. The fraction of sp³-hybridized carbons (Fsp3) is 0.391. The zero-order valence-electron chi connectivity index (χ0n) is 16.7. The molecule has 0 saturated carbocycles. The van der Waals surface area contributed by atoms with Crippen LogP contribution in [0.15, 0.2) is 30.3 Å². The summed E-state index contributed by atoms with van der Waals surface area (Å²) in [4.78, 5) is 0. The Kier molecular flexibility index (Phi) is 5.68. The molecule has 5 rings (SSSR count). The molecule has 0 radical (unpaired) electrons. The Labute approximate surface area is 185 Å². The molecule has 0 spiro atoms. The van der Waals surface area contributed by atoms with E-state index in [4.69, 9.17) is 37.4 Å². The van der Waals surface area contributed by atoms with Crippen LogP contribution in [0, 0.1) is 0 Å². The van der Waals surface area contributed by atoms with Crippen LogP contribution in [-0.4, -0.2) is 31.1 Å². The predicted molar refractivity (Wildman–Crippen MR) is 120 cm³/mol. The first-order valence-corrected chi connectivity index (χ1v) is 11.2. The van der Waals surface area contributed by atoms with E-state index >= 15 is 0 Å². The molecule has 3 aromatic rings. The van der Waals surface area contributed by atoms with Gasteiger partial charge in [0.1, 0.15) is 12.4 Å². The van der Waals surface area contributed by atoms with Gasteiger partial charge < -0.3 is 24.1 Å². The first-order valence-electron chi connectivity index (χ1n) is 10.4. The lowest BCUT2D eigenvalue weighted by Crippen LogP contribution is -2.17. The normalized spacial score (nSPS) is 16.1. The Bertz CT molecular complexity index is 1080. The third-order valence-electron chi connectivity index (χ3n) is 5.79. The van der Waals surface area contributed by atoms with E-state index in [1.54, 1.807) is 0 Å². The molecule has 0 aliphatic carbocycles. The van der Waals surface area contributed by atoms with Crippen LogP contribution in [0.3, 0.4) is 0 Å². The molecule has 0 fully saturated rings. The second kappa shape index (κ2) is 8.58. The molecule has 2 aliphatic rings. The van der Waals surface area contributed by atoms with Gasteiger partial charge in [0.2, 0.25) is 6.79 Å². The van der Waals surface area contributed by atoms with E-state index in [9.17, 15) is 0 Å². The van der Waals surface area contributed by atoms with Crippen molar-refractivity contribution < 1.29 is 14.2 Å². The molecule has 0 amide bonds. The molecule has 0 saturated heterocycles. The number of halogens is 2. The summed E-state index contributed by atoms with van der Waals surface area (Å²) in [6.45, 7) is 3.54. The van der Waals surface area contributed by atoms with Crippen LogP contribution in [0.25, 0.3) is 10.9 Å². The monoisotopic (exact) mass is 446 g/mol. The highest BCUT2D eigenvalue weighted by Gasteiger charge is 2.20. The Morgan fingerprint density at radius 3 is 2.83 bits per heavy atom. The standard InChI is InChI=1S/C23H24Cl2N2O3/c24-15-11-18-17-6-8-26-7-2-1-3-20(17)27(23(18)19(25)12-15)9-10-28-16-4-5-21-22(13-16)30-14-29-21/h4-5,11-13,26H,1-3,6-10,14H2. The summed E-state index contributed by atoms with van der Waals surface area (Å²) in [6, 6.07) is 9.55. The van der Waals surface area contributed by atoms with Crippen molar-refractivity contribution in [3.63, 3.8) is 0 Å². The molecule has 30 heavy (non-hydrogen) atoms. The van der Waals surface area contributed by atoms with Gasteiger partial charge in [0.25, 0.3) is 0 Å². The number of ether oxygens (including phenoxy) is 3. The van der Waals surface area contributed by atoms with E-state index in [2.05, 4.69) is 16.0 Å². The van der Waals surface area contributed by atoms with E-state index in [1.807, 2.05) is 24.3 Å². The van der Waals surface area contributed by atoms with Crippen molar-refractivity contribution in [3.05, 3.63) is 51.6 Å². The smallest absolute Gasteiger partial charge is 0.231 e. The van der Waals surface area contributed by atoms with Crippen LogP contribution in [-0.2, 0) is 19.4 Å². The molecule has 3 heterocycles. The Morgan fingerprint density at radius 2 is 1.90 bits per heavy atom. The molecule has 2 aromatic carbocycles. The molecule has 0 bridgehead atoms. The van der Waals surface area contributed by atoms with Gasteiger partial charge in [-0.25, -0.2) is 0 Å². The van der Waals surface area contributed by atoms with Crippen molar-refractivity contribution in [3.8, 4) is 17.2 Å². The third-order valence-corrected chi connectivity index (χ3v) is 6.30. The molecular formula is C23H24Cl2N2O3. The fourth-order valence-electron chi connectivity index (χ4n) is 4.44. The average Bonchev–Trinajstić information content (AvgIpc) is 3.32. The van der Waals surface area contributed by atoms with E-state index in [0.717, 1.165) is 67.0 Å². The molecule has 5 nitrogen and oxygen atoms in total. The molecule has 158 valence electrons. The van der Waals surface area contributed by atoms with Crippen molar-refractivity contribution in [1.82, 2.24) is 9.88 Å². The summed E-state index contributed by atoms with van der Waals surface area (Å²) in [5, 5.41) is 6.07. The van der Waals surface area contributed by atoms with Gasteiger partial charge in [-0.05, 0) is 68.6 Å². The number of rotatable bonds is 4. The molecule has 2 aliphatic heterocycles. The topological polar surface area (TPSA) is 44.7 Å². The van der Waals surface area contributed by atoms with Gasteiger partial charge in [-0.3, -0.25) is 0 Å². The highest BCUT2D eigenvalue weighted by Crippen LogP contribution is 2.37. The number of hydrogen-bond donors (Lipinski definition) is 1. The second-order valence-corrected chi connectivity index (χ2v) is 8.52. The molecule has 1 N–H and O–H groups in total. The van der Waals surface area contributed by atoms with Crippen molar-refractivity contribution in [2.75, 3.05) is 26.5 Å². The summed E-state index contributed by atoms with van der Waals surface area (Å²) < 4.78 is 19.2. The molecular weight excluding hydrogens is 423 g/mol. The molecule has 7 heteroatoms. The molecule has 1 aromatic heterocycles. The lowest BCUT2D eigenvalue weighted by atomic mass is 10.0. The molecule has 0 unspecified atom stereocenters. The van der Waals surface area contributed by atoms with Gasteiger partial charge >= 0.3 is 0 Å². The van der Waals surface area contributed by atoms with Crippen LogP contribution in [0.2, 0.25) is 10.0 Å². The van der Waals surface area contributed by atoms with Gasteiger partial charge in [0.05, 0.1) is 17.1 Å². The Hall–Kier alpha value is -2.08. The van der Waals surface area contributed by atoms with Gasteiger partial charge in [-0.2, -0.15) is 0 Å². The quantitative estimate of drug-likeness (QED) is 0.596. The number of nitrogens with one attached hydrogen (secondary N) is 1. The largest absolute Gasteiger partial charge is 0.492 e. The van der Waals surface area contributed by atoms with Gasteiger partial charge in [0, 0.05) is 22.2 Å². The summed E-state index contributed by atoms with van der Waals surface area (Å²) in [6.07, 6.45) is 4.32. The lowest BCUT2D eigenvalue weighted by Gasteiger charge is -2.14. The van der Waals surface area contributed by atoms with Crippen LogP contribution >= 0.6 is 23.2 Å². The van der Waals surface area contributed by atoms with Crippen LogP contribution < -0.4 is 19.5 Å². The summed E-state index contributed by atoms with van der Waals surface area (Å²) in [7, 11) is 0. The van der Waals surface area contributed by atoms with Crippen LogP contribution in [0.4, 0.5) is 0 Å². The van der Waals surface area contributed by atoms with Gasteiger partial charge in [-0.15, -0.1) is 0 Å². The summed E-state index contributed by atoms with van der Waals surface area (Å²) >= 11 is 13.0. The maximum atomic E-state index is 6.67. The van der Waals surface area contributed by atoms with Crippen molar-refractivity contribution in [1.29, 1.82) is 0 Å². The van der Waals surface area contributed by atoms with E-state index in [1.165, 1.54) is 17.7 Å². The van der Waals surface area contributed by atoms with Crippen molar-refractivity contribution in [2.45, 2.75) is 32.2 Å². The van der Waals surface area contributed by atoms with E-state index in [-0.39, 0.29) is 6.79 Å². The first kappa shape index (κ1) is 19.9. The second-order valence-electron chi connectivity index (χ2n) is 7.68. The number of hydrogen-bond acceptors (Lipinski definition) is 4. The highest BCUT2D eigenvalue weighted by atomic mass is 35.5. The predicted octanol–water partition coefficient (Wildman–Crippen LogP) is 5.22. The minimum absolute atomic E-state index is 0.260. The van der Waals surface area contributed by atoms with Gasteiger partial charge in [-0.1, -0.05) is 23.2 Å². The maximum Gasteiger partial charge on any atom is 0.231 e. The first-order chi connectivity index (χ1) is 14.7. The highest BCUT2D eigenvalue weighted by molar-refractivity contribution is 6.38. The minimum atomic E-state index is 0.260. The van der Waals surface area contributed by atoms with Crippen molar-refractivity contribution in [2.24, 2.45) is 0 Å². The number of fused-ring (bicyclic) bond motifs is 4. The lowest BCUT2D eigenvalue weighted by molar-refractivity contribution is 0.173. The fourth-order valence-corrected chi connectivity index (χ4v) is 5.03. The number of benzene rings is 2. The number of aromatic nitrogens is 1. The summed E-state index contributed by atoms with van der Waals surface area (Å²) in [5.41, 5.74) is 3.76. The van der Waals surface area contributed by atoms with E-state index < -0.39 is 0 Å². The minimum Gasteiger partial charge on any atom is -0.492 e. The Balaban J connectivity index is 1.45. The van der Waals surface area contributed by atoms with Gasteiger partial charge in [0.15, 0.2) is 11.5 Å². The van der Waals surface area contributed by atoms with Crippen LogP contribution in [0.5, 0.6) is 17.2 Å². The SMILES string of the molecule is Clc1cc(Cl)c2c(c1)c1c(n2CCOc2ccc3c(c2)OCO3)CCCCNCC1. The molecule has 0 atom stereocenters. The third kappa shape index (κ3) is 3.82. The Morgan fingerprint density at radius 1 is 1.00 bits per heavy atom. The average molecular weight is 447 g/mol. The van der Waals surface area contributed by atoms with Crippen molar-refractivity contribution >= 4 is 34.1 Å². The van der Waals surface area contributed by atoms with Crippen LogP contribution in [0.1, 0.15) is 24.1 Å². The zero-order chi connectivity index (χ0) is 20.5. The van der Waals surface area contributed by atoms with E-state index in [0.29, 0.717) is 16.7 Å². The summed E-state index contributed by atoms with van der Waals surface area (Å²) in [5.74, 6) is 2.26. The maximum absolute atomic E-state index is 6.67.